The lowest BCUT2D eigenvalue weighted by atomic mass is 9.97. The standard InChI is InChI=1S/C21H23F3N4OS/c22-21(23,24)13-28-8-7-14(12-28)27-20(29)26-11-17(19-6-3-9-30-19)16-10-25-18-5-2-1-4-15(16)18/h1-6,9-10,14,17,25H,7-8,11-13H2,(H2,26,27,29). The SMILES string of the molecule is O=C(NCC(c1cccs1)c1c[nH]c2ccccc12)NC1CCN(CC(F)(F)F)C1. The molecule has 1 saturated heterocycles. The van der Waals surface area contributed by atoms with Gasteiger partial charge in [-0.25, -0.2) is 4.79 Å². The van der Waals surface area contributed by atoms with Gasteiger partial charge < -0.3 is 15.6 Å². The fourth-order valence-corrected chi connectivity index (χ4v) is 4.86. The number of alkyl halides is 3. The summed E-state index contributed by atoms with van der Waals surface area (Å²) in [6.07, 6.45) is -1.73. The molecule has 1 aliphatic heterocycles. The van der Waals surface area contributed by atoms with Gasteiger partial charge in [0, 0.05) is 53.6 Å². The van der Waals surface area contributed by atoms with Crippen LogP contribution in [0.5, 0.6) is 0 Å². The minimum atomic E-state index is -4.22. The first-order valence-electron chi connectivity index (χ1n) is 9.82. The van der Waals surface area contributed by atoms with Gasteiger partial charge in [-0.1, -0.05) is 24.3 Å². The van der Waals surface area contributed by atoms with Gasteiger partial charge in [0.1, 0.15) is 0 Å². The van der Waals surface area contributed by atoms with Gasteiger partial charge in [-0.3, -0.25) is 4.90 Å². The lowest BCUT2D eigenvalue weighted by Crippen LogP contribution is -2.45. The average Bonchev–Trinajstić information content (AvgIpc) is 3.43. The fraction of sp³-hybridized carbons (Fsp3) is 0.381. The summed E-state index contributed by atoms with van der Waals surface area (Å²) in [5.41, 5.74) is 2.14. The van der Waals surface area contributed by atoms with E-state index in [2.05, 4.69) is 21.7 Å². The molecule has 3 heterocycles. The number of hydrogen-bond donors (Lipinski definition) is 3. The number of nitrogens with one attached hydrogen (secondary N) is 3. The largest absolute Gasteiger partial charge is 0.401 e. The smallest absolute Gasteiger partial charge is 0.361 e. The molecule has 2 atom stereocenters. The number of hydrogen-bond acceptors (Lipinski definition) is 3. The average molecular weight is 437 g/mol. The van der Waals surface area contributed by atoms with Crippen LogP contribution in [0.2, 0.25) is 0 Å². The Bertz CT molecular complexity index is 986. The summed E-state index contributed by atoms with van der Waals surface area (Å²) in [5, 5.41) is 8.84. The molecule has 5 nitrogen and oxygen atoms in total. The van der Waals surface area contributed by atoms with Crippen LogP contribution in [-0.4, -0.2) is 54.3 Å². The number of nitrogens with zero attached hydrogens (tertiary/aromatic N) is 1. The molecule has 9 heteroatoms. The number of benzene rings is 1. The lowest BCUT2D eigenvalue weighted by molar-refractivity contribution is -0.143. The van der Waals surface area contributed by atoms with Gasteiger partial charge in [0.2, 0.25) is 0 Å². The Morgan fingerprint density at radius 3 is 2.87 bits per heavy atom. The van der Waals surface area contributed by atoms with E-state index in [1.165, 1.54) is 4.90 Å². The van der Waals surface area contributed by atoms with Crippen LogP contribution in [0.25, 0.3) is 10.9 Å². The quantitative estimate of drug-likeness (QED) is 0.540. The number of urea groups is 1. The van der Waals surface area contributed by atoms with Crippen LogP contribution in [0.3, 0.4) is 0 Å². The van der Waals surface area contributed by atoms with Gasteiger partial charge >= 0.3 is 12.2 Å². The number of halogens is 3. The predicted octanol–water partition coefficient (Wildman–Crippen LogP) is 4.30. The highest BCUT2D eigenvalue weighted by Crippen LogP contribution is 2.32. The van der Waals surface area contributed by atoms with Crippen LogP contribution < -0.4 is 10.6 Å². The van der Waals surface area contributed by atoms with E-state index in [9.17, 15) is 18.0 Å². The van der Waals surface area contributed by atoms with Crippen LogP contribution in [0, 0.1) is 0 Å². The van der Waals surface area contributed by atoms with Gasteiger partial charge in [0.25, 0.3) is 0 Å². The van der Waals surface area contributed by atoms with Crippen LogP contribution in [0.4, 0.5) is 18.0 Å². The minimum Gasteiger partial charge on any atom is -0.361 e. The Balaban J connectivity index is 1.38. The zero-order valence-electron chi connectivity index (χ0n) is 16.2. The summed E-state index contributed by atoms with van der Waals surface area (Å²) >= 11 is 1.63. The zero-order valence-corrected chi connectivity index (χ0v) is 17.0. The molecule has 3 aromatic rings. The Morgan fingerprint density at radius 2 is 2.10 bits per heavy atom. The van der Waals surface area contributed by atoms with E-state index in [1.807, 2.05) is 41.9 Å². The third kappa shape index (κ3) is 4.96. The first kappa shape index (κ1) is 20.7. The van der Waals surface area contributed by atoms with E-state index in [4.69, 9.17) is 0 Å². The van der Waals surface area contributed by atoms with Crippen LogP contribution >= 0.6 is 11.3 Å². The Labute approximate surface area is 176 Å². The molecule has 1 fully saturated rings. The Kier molecular flexibility index (Phi) is 6.01. The number of likely N-dealkylation sites (tertiary alicyclic amines) is 1. The monoisotopic (exact) mass is 436 g/mol. The van der Waals surface area contributed by atoms with Crippen molar-refractivity contribution in [1.82, 2.24) is 20.5 Å². The maximum absolute atomic E-state index is 12.5. The van der Waals surface area contributed by atoms with E-state index >= 15 is 0 Å². The molecule has 1 aromatic carbocycles. The number of fused-ring (bicyclic) bond motifs is 1. The summed E-state index contributed by atoms with van der Waals surface area (Å²) in [7, 11) is 0. The maximum atomic E-state index is 12.5. The third-order valence-electron chi connectivity index (χ3n) is 5.36. The highest BCUT2D eigenvalue weighted by molar-refractivity contribution is 7.10. The normalized spacial score (nSPS) is 18.6. The highest BCUT2D eigenvalue weighted by Gasteiger charge is 2.34. The molecule has 30 heavy (non-hydrogen) atoms. The summed E-state index contributed by atoms with van der Waals surface area (Å²) in [6.45, 7) is 0.00232. The second kappa shape index (κ2) is 8.69. The molecule has 3 N–H and O–H groups in total. The number of amides is 2. The lowest BCUT2D eigenvalue weighted by Gasteiger charge is -2.20. The first-order chi connectivity index (χ1) is 14.4. The second-order valence-electron chi connectivity index (χ2n) is 7.55. The van der Waals surface area contributed by atoms with Gasteiger partial charge in [-0.05, 0) is 29.5 Å². The minimum absolute atomic E-state index is 0.0165. The van der Waals surface area contributed by atoms with Crippen molar-refractivity contribution in [2.24, 2.45) is 0 Å². The number of rotatable bonds is 6. The van der Waals surface area contributed by atoms with Crippen molar-refractivity contribution in [3.05, 3.63) is 58.4 Å². The topological polar surface area (TPSA) is 60.2 Å². The van der Waals surface area contributed by atoms with Crippen molar-refractivity contribution in [3.8, 4) is 0 Å². The number of carbonyl (C=O) groups excluding carboxylic acids is 1. The molecule has 2 aromatic heterocycles. The molecule has 2 amide bonds. The summed E-state index contributed by atoms with van der Waals surface area (Å²) in [4.78, 5) is 18.2. The van der Waals surface area contributed by atoms with Crippen molar-refractivity contribution >= 4 is 28.3 Å². The van der Waals surface area contributed by atoms with Crippen molar-refractivity contribution in [2.45, 2.75) is 24.6 Å². The van der Waals surface area contributed by atoms with E-state index in [1.54, 1.807) is 11.3 Å². The highest BCUT2D eigenvalue weighted by atomic mass is 32.1. The summed E-state index contributed by atoms with van der Waals surface area (Å²) < 4.78 is 37.6. The fourth-order valence-electron chi connectivity index (χ4n) is 4.01. The van der Waals surface area contributed by atoms with Gasteiger partial charge in [-0.2, -0.15) is 13.2 Å². The van der Waals surface area contributed by atoms with Crippen molar-refractivity contribution in [2.75, 3.05) is 26.2 Å². The number of thiophene rings is 1. The van der Waals surface area contributed by atoms with Crippen molar-refractivity contribution in [3.63, 3.8) is 0 Å². The van der Waals surface area contributed by atoms with Gasteiger partial charge in [0.15, 0.2) is 0 Å². The maximum Gasteiger partial charge on any atom is 0.401 e. The molecule has 0 saturated carbocycles. The van der Waals surface area contributed by atoms with E-state index < -0.39 is 12.7 Å². The summed E-state index contributed by atoms with van der Waals surface area (Å²) in [6, 6.07) is 11.4. The van der Waals surface area contributed by atoms with Gasteiger partial charge in [-0.15, -0.1) is 11.3 Å². The molecular formula is C21H23F3N4OS. The summed E-state index contributed by atoms with van der Waals surface area (Å²) in [5.74, 6) is -0.0165. The van der Waals surface area contributed by atoms with Crippen molar-refractivity contribution in [1.29, 1.82) is 0 Å². The zero-order chi connectivity index (χ0) is 21.1. The molecule has 0 aliphatic carbocycles. The van der Waals surface area contributed by atoms with Crippen LogP contribution in [0.15, 0.2) is 48.0 Å². The molecular weight excluding hydrogens is 413 g/mol. The molecule has 0 spiro atoms. The molecule has 0 bridgehead atoms. The molecule has 4 rings (SSSR count). The van der Waals surface area contributed by atoms with Gasteiger partial charge in [0.05, 0.1) is 6.54 Å². The van der Waals surface area contributed by atoms with Crippen molar-refractivity contribution < 1.29 is 18.0 Å². The number of aromatic nitrogens is 1. The molecule has 2 unspecified atom stereocenters. The Hall–Kier alpha value is -2.52. The second-order valence-corrected chi connectivity index (χ2v) is 8.53. The number of carbonyl (C=O) groups is 1. The predicted molar refractivity (Wildman–Crippen MR) is 112 cm³/mol. The number of aromatic amines is 1. The Morgan fingerprint density at radius 1 is 1.27 bits per heavy atom. The van der Waals surface area contributed by atoms with Crippen LogP contribution in [-0.2, 0) is 0 Å². The molecule has 160 valence electrons. The first-order valence-corrected chi connectivity index (χ1v) is 10.7. The molecule has 0 radical (unpaired) electrons. The number of H-pyrrole nitrogens is 1. The molecule has 1 aliphatic rings. The van der Waals surface area contributed by atoms with E-state index in [-0.39, 0.29) is 24.5 Å². The van der Waals surface area contributed by atoms with E-state index in [0.717, 1.165) is 21.3 Å². The third-order valence-corrected chi connectivity index (χ3v) is 6.35. The van der Waals surface area contributed by atoms with Crippen LogP contribution in [0.1, 0.15) is 22.8 Å². The number of para-hydroxylation sites is 1. The van der Waals surface area contributed by atoms with E-state index in [0.29, 0.717) is 19.5 Å².